The third kappa shape index (κ3) is 4.67. The Morgan fingerprint density at radius 2 is 1.77 bits per heavy atom. The van der Waals surface area contributed by atoms with Crippen LogP contribution in [0.2, 0.25) is 0 Å². The number of sulfonamides is 1. The molecule has 1 aliphatic heterocycles. The predicted molar refractivity (Wildman–Crippen MR) is 98.4 cm³/mol. The number of hydrazine groups is 1. The zero-order valence-corrected chi connectivity index (χ0v) is 15.0. The molecule has 3 rings (SSSR count). The number of nitrogens with one attached hydrogen (secondary N) is 3. The Kier molecular flexibility index (Phi) is 5.67. The Bertz CT molecular complexity index is 854. The highest BCUT2D eigenvalue weighted by Gasteiger charge is 2.29. The summed E-state index contributed by atoms with van der Waals surface area (Å²) in [7, 11) is -3.68. The number of amides is 1. The van der Waals surface area contributed by atoms with Gasteiger partial charge in [-0.05, 0) is 36.1 Å². The van der Waals surface area contributed by atoms with Crippen LogP contribution < -0.4 is 21.3 Å². The second-order valence-corrected chi connectivity index (χ2v) is 7.83. The molecule has 26 heavy (non-hydrogen) atoms. The normalized spacial score (nSPS) is 20.0. The molecule has 1 amide bonds. The topological polar surface area (TPSA) is 113 Å². The average Bonchev–Trinajstić information content (AvgIpc) is 3.12. The minimum absolute atomic E-state index is 0.0583. The summed E-state index contributed by atoms with van der Waals surface area (Å²) in [6.45, 7) is 0.474. The van der Waals surface area contributed by atoms with Crippen LogP contribution >= 0.6 is 0 Å². The van der Waals surface area contributed by atoms with Crippen LogP contribution in [-0.2, 0) is 21.2 Å². The Morgan fingerprint density at radius 1 is 1.08 bits per heavy atom. The summed E-state index contributed by atoms with van der Waals surface area (Å²) in [5.74, 6) is -0.0583. The first-order valence-electron chi connectivity index (χ1n) is 8.39. The maximum atomic E-state index is 12.3. The highest BCUT2D eigenvalue weighted by molar-refractivity contribution is 7.89. The van der Waals surface area contributed by atoms with Gasteiger partial charge >= 0.3 is 0 Å². The van der Waals surface area contributed by atoms with Crippen LogP contribution in [0.5, 0.6) is 0 Å². The van der Waals surface area contributed by atoms with Gasteiger partial charge in [0.05, 0.1) is 4.90 Å². The summed E-state index contributed by atoms with van der Waals surface area (Å²) in [5.41, 5.74) is 8.26. The summed E-state index contributed by atoms with van der Waals surface area (Å²) in [6.07, 6.45) is 1.29. The molecule has 1 fully saturated rings. The lowest BCUT2D eigenvalue weighted by Crippen LogP contribution is -2.43. The van der Waals surface area contributed by atoms with E-state index in [1.54, 1.807) is 12.1 Å². The zero-order valence-electron chi connectivity index (χ0n) is 14.2. The maximum Gasteiger partial charge on any atom is 0.238 e. The van der Waals surface area contributed by atoms with Crippen molar-refractivity contribution in [3.8, 4) is 0 Å². The molecule has 7 nitrogen and oxygen atoms in total. The van der Waals surface area contributed by atoms with Crippen LogP contribution in [0.1, 0.15) is 23.6 Å². The van der Waals surface area contributed by atoms with Crippen LogP contribution in [0, 0.1) is 0 Å². The van der Waals surface area contributed by atoms with E-state index in [1.807, 2.05) is 30.3 Å². The summed E-state index contributed by atoms with van der Waals surface area (Å²) in [5, 5.41) is 7.98. The lowest BCUT2D eigenvalue weighted by atomic mass is 10.0. The van der Waals surface area contributed by atoms with Crippen molar-refractivity contribution in [1.29, 1.82) is 0 Å². The van der Waals surface area contributed by atoms with Gasteiger partial charge in [0.2, 0.25) is 15.9 Å². The lowest BCUT2D eigenvalue weighted by Gasteiger charge is -2.11. The highest BCUT2D eigenvalue weighted by Crippen LogP contribution is 2.21. The van der Waals surface area contributed by atoms with E-state index in [9.17, 15) is 13.2 Å². The fourth-order valence-corrected chi connectivity index (χ4v) is 3.45. The Balaban J connectivity index is 1.46. The highest BCUT2D eigenvalue weighted by atomic mass is 32.2. The van der Waals surface area contributed by atoms with Crippen molar-refractivity contribution >= 4 is 15.9 Å². The van der Waals surface area contributed by atoms with Crippen molar-refractivity contribution in [2.45, 2.75) is 29.8 Å². The minimum atomic E-state index is -3.68. The van der Waals surface area contributed by atoms with Crippen LogP contribution in [0.4, 0.5) is 0 Å². The predicted octanol–water partition coefficient (Wildman–Crippen LogP) is 0.600. The van der Waals surface area contributed by atoms with E-state index in [1.165, 1.54) is 12.1 Å². The third-order valence-electron chi connectivity index (χ3n) is 4.39. The summed E-state index contributed by atoms with van der Waals surface area (Å²) in [6, 6.07) is 16.2. The molecule has 0 aromatic heterocycles. The van der Waals surface area contributed by atoms with Gasteiger partial charge in [0.15, 0.2) is 0 Å². The number of hydrogen-bond donors (Lipinski definition) is 4. The van der Waals surface area contributed by atoms with Crippen molar-refractivity contribution in [1.82, 2.24) is 16.2 Å². The molecule has 0 saturated carbocycles. The fourth-order valence-electron chi connectivity index (χ4n) is 2.93. The van der Waals surface area contributed by atoms with E-state index in [2.05, 4.69) is 16.2 Å². The number of carbonyl (C=O) groups is 1. The van der Waals surface area contributed by atoms with Gasteiger partial charge in [-0.2, -0.15) is 0 Å². The molecule has 5 N–H and O–H groups in total. The molecule has 1 aliphatic rings. The lowest BCUT2D eigenvalue weighted by molar-refractivity contribution is -0.122. The molecule has 138 valence electrons. The van der Waals surface area contributed by atoms with E-state index >= 15 is 0 Å². The average molecular weight is 374 g/mol. The number of benzene rings is 2. The Hall–Kier alpha value is -2.26. The monoisotopic (exact) mass is 374 g/mol. The molecule has 2 unspecified atom stereocenters. The van der Waals surface area contributed by atoms with Gasteiger partial charge in [-0.1, -0.05) is 42.5 Å². The molecule has 1 saturated heterocycles. The first-order chi connectivity index (χ1) is 12.4. The number of hydrogen-bond acceptors (Lipinski definition) is 5. The zero-order chi connectivity index (χ0) is 18.6. The fraction of sp³-hybridized carbons (Fsp3) is 0.278. The SMILES string of the molecule is NS(=O)(=O)c1ccc(CCNC(=O)C2CC(c3ccccc3)NN2)cc1. The molecule has 2 atom stereocenters. The molecule has 2 aromatic rings. The first kappa shape index (κ1) is 18.5. The number of nitrogens with two attached hydrogens (primary N) is 1. The van der Waals surface area contributed by atoms with E-state index < -0.39 is 10.0 Å². The Morgan fingerprint density at radius 3 is 2.42 bits per heavy atom. The van der Waals surface area contributed by atoms with Crippen LogP contribution in [0.15, 0.2) is 59.5 Å². The minimum Gasteiger partial charge on any atom is -0.354 e. The number of rotatable bonds is 6. The summed E-state index contributed by atoms with van der Waals surface area (Å²) >= 11 is 0. The van der Waals surface area contributed by atoms with E-state index in [-0.39, 0.29) is 22.9 Å². The van der Waals surface area contributed by atoms with Gasteiger partial charge in [0.25, 0.3) is 0 Å². The van der Waals surface area contributed by atoms with Crippen molar-refractivity contribution in [3.05, 3.63) is 65.7 Å². The number of carbonyl (C=O) groups excluding carboxylic acids is 1. The molecule has 0 bridgehead atoms. The summed E-state index contributed by atoms with van der Waals surface area (Å²) in [4.78, 5) is 12.4. The summed E-state index contributed by atoms with van der Waals surface area (Å²) < 4.78 is 22.5. The van der Waals surface area contributed by atoms with Gasteiger partial charge in [0.1, 0.15) is 6.04 Å². The molecule has 0 aliphatic carbocycles. The van der Waals surface area contributed by atoms with Gasteiger partial charge < -0.3 is 5.32 Å². The second kappa shape index (κ2) is 7.96. The molecular weight excluding hydrogens is 352 g/mol. The standard InChI is InChI=1S/C18H22N4O3S/c19-26(24,25)15-8-6-13(7-9-15)10-11-20-18(23)17-12-16(21-22-17)14-4-2-1-3-5-14/h1-9,16-17,21-22H,10-12H2,(H,20,23)(H2,19,24,25). The van der Waals surface area contributed by atoms with E-state index in [0.29, 0.717) is 19.4 Å². The van der Waals surface area contributed by atoms with Gasteiger partial charge in [-0.25, -0.2) is 24.4 Å². The second-order valence-electron chi connectivity index (χ2n) is 6.27. The molecule has 8 heteroatoms. The molecular formula is C18H22N4O3S. The van der Waals surface area contributed by atoms with Crippen molar-refractivity contribution in [3.63, 3.8) is 0 Å². The van der Waals surface area contributed by atoms with Crippen LogP contribution in [-0.4, -0.2) is 26.9 Å². The largest absolute Gasteiger partial charge is 0.354 e. The van der Waals surface area contributed by atoms with Gasteiger partial charge in [-0.15, -0.1) is 0 Å². The molecule has 0 spiro atoms. The van der Waals surface area contributed by atoms with E-state index in [4.69, 9.17) is 5.14 Å². The molecule has 0 radical (unpaired) electrons. The van der Waals surface area contributed by atoms with Crippen LogP contribution in [0.25, 0.3) is 0 Å². The van der Waals surface area contributed by atoms with Crippen molar-refractivity contribution in [2.75, 3.05) is 6.54 Å². The number of primary sulfonamides is 1. The Labute approximate surface area is 153 Å². The molecule has 2 aromatic carbocycles. The quantitative estimate of drug-likeness (QED) is 0.591. The first-order valence-corrected chi connectivity index (χ1v) is 9.93. The van der Waals surface area contributed by atoms with E-state index in [0.717, 1.165) is 11.1 Å². The third-order valence-corrected chi connectivity index (χ3v) is 5.32. The van der Waals surface area contributed by atoms with Crippen molar-refractivity contribution in [2.24, 2.45) is 5.14 Å². The van der Waals surface area contributed by atoms with Gasteiger partial charge in [0, 0.05) is 12.6 Å². The smallest absolute Gasteiger partial charge is 0.238 e. The van der Waals surface area contributed by atoms with Gasteiger partial charge in [-0.3, -0.25) is 4.79 Å². The van der Waals surface area contributed by atoms with Crippen molar-refractivity contribution < 1.29 is 13.2 Å². The molecule has 1 heterocycles. The maximum absolute atomic E-state index is 12.3. The van der Waals surface area contributed by atoms with Crippen LogP contribution in [0.3, 0.4) is 0 Å².